The van der Waals surface area contributed by atoms with E-state index in [2.05, 4.69) is 79.5 Å². The van der Waals surface area contributed by atoms with E-state index in [0.717, 1.165) is 5.92 Å². The predicted octanol–water partition coefficient (Wildman–Crippen LogP) is 3.40. The minimum atomic E-state index is -1.99. The summed E-state index contributed by atoms with van der Waals surface area (Å²) in [6.07, 6.45) is 2.70. The van der Waals surface area contributed by atoms with Crippen LogP contribution in [-0.4, -0.2) is 16.6 Å². The van der Waals surface area contributed by atoms with Crippen LogP contribution < -0.4 is 10.4 Å². The molecule has 3 heteroatoms. The summed E-state index contributed by atoms with van der Waals surface area (Å²) in [5, 5.41) is 4.50. The maximum Gasteiger partial charge on any atom is 0.237 e. The van der Waals surface area contributed by atoms with Crippen LogP contribution in [0.1, 0.15) is 12.8 Å². The van der Waals surface area contributed by atoms with Crippen LogP contribution in [0, 0.1) is 5.92 Å². The molecule has 4 rings (SSSR count). The van der Waals surface area contributed by atoms with E-state index in [0.29, 0.717) is 0 Å². The zero-order valence-corrected chi connectivity index (χ0v) is 15.3. The summed E-state index contributed by atoms with van der Waals surface area (Å²) in [5.41, 5.74) is 2.58. The molecule has 2 aromatic rings. The molecule has 0 saturated heterocycles. The van der Waals surface area contributed by atoms with Crippen molar-refractivity contribution in [1.82, 2.24) is 0 Å². The van der Waals surface area contributed by atoms with Crippen molar-refractivity contribution in [2.24, 2.45) is 5.92 Å². The third kappa shape index (κ3) is 2.24. The van der Waals surface area contributed by atoms with Gasteiger partial charge in [-0.3, -0.25) is 0 Å². The fourth-order valence-corrected chi connectivity index (χ4v) is 14.8. The van der Waals surface area contributed by atoms with E-state index in [9.17, 15) is 0 Å². The van der Waals surface area contributed by atoms with Crippen molar-refractivity contribution in [3.05, 3.63) is 71.6 Å². The normalized spacial score (nSPS) is 31.1. The molecule has 112 valence electrons. The van der Waals surface area contributed by atoms with Crippen molar-refractivity contribution in [2.75, 3.05) is 0 Å². The summed E-state index contributed by atoms with van der Waals surface area (Å²) in [7, 11) is -3.95. The van der Waals surface area contributed by atoms with Crippen LogP contribution in [0.2, 0.25) is 13.1 Å². The standard InChI is InChI=1S/C19H22OSi2/c1-21(17-9-5-3-6-10-17)15-19(16-13-14-16)22(2,20-21)18-11-7-4-8-12-18/h3-12,15-16H,13-14H2,1-2H3. The van der Waals surface area contributed by atoms with E-state index in [1.807, 2.05) is 0 Å². The van der Waals surface area contributed by atoms with Crippen LogP contribution in [-0.2, 0) is 4.12 Å². The second-order valence-corrected chi connectivity index (χ2v) is 14.0. The molecular formula is C19H22OSi2. The Hall–Kier alpha value is -1.43. The maximum absolute atomic E-state index is 7.01. The first kappa shape index (κ1) is 14.2. The lowest BCUT2D eigenvalue weighted by Gasteiger charge is -2.31. The van der Waals surface area contributed by atoms with Gasteiger partial charge < -0.3 is 4.12 Å². The second-order valence-electron chi connectivity index (χ2n) is 6.85. The number of hydrogen-bond acceptors (Lipinski definition) is 1. The molecule has 1 heterocycles. The van der Waals surface area contributed by atoms with E-state index >= 15 is 0 Å². The first-order valence-corrected chi connectivity index (χ1v) is 13.1. The lowest BCUT2D eigenvalue weighted by atomic mass is 10.4. The quantitative estimate of drug-likeness (QED) is 0.787. The molecular weight excluding hydrogens is 300 g/mol. The number of rotatable bonds is 3. The molecule has 0 bridgehead atoms. The Labute approximate surface area is 134 Å². The molecule has 1 nitrogen and oxygen atoms in total. The molecule has 2 unspecified atom stereocenters. The average Bonchev–Trinajstić information content (AvgIpc) is 3.35. The monoisotopic (exact) mass is 322 g/mol. The molecule has 0 amide bonds. The second kappa shape index (κ2) is 5.05. The van der Waals surface area contributed by atoms with Crippen LogP contribution in [0.25, 0.3) is 0 Å². The van der Waals surface area contributed by atoms with Crippen LogP contribution in [0.15, 0.2) is 71.6 Å². The molecule has 0 radical (unpaired) electrons. The highest BCUT2D eigenvalue weighted by atomic mass is 28.4. The van der Waals surface area contributed by atoms with E-state index in [4.69, 9.17) is 4.12 Å². The fourth-order valence-electron chi connectivity index (χ4n) is 3.74. The van der Waals surface area contributed by atoms with Gasteiger partial charge in [-0.25, -0.2) is 0 Å². The first-order valence-electron chi connectivity index (χ1n) is 8.16. The minimum absolute atomic E-state index is 0.787. The highest BCUT2D eigenvalue weighted by molar-refractivity contribution is 7.07. The fraction of sp³-hybridized carbons (Fsp3) is 0.263. The van der Waals surface area contributed by atoms with E-state index in [-0.39, 0.29) is 0 Å². The van der Waals surface area contributed by atoms with Crippen molar-refractivity contribution in [2.45, 2.75) is 25.9 Å². The van der Waals surface area contributed by atoms with Crippen molar-refractivity contribution in [3.8, 4) is 0 Å². The smallest absolute Gasteiger partial charge is 0.237 e. The Kier molecular flexibility index (Phi) is 3.25. The maximum atomic E-state index is 7.01. The highest BCUT2D eigenvalue weighted by Crippen LogP contribution is 2.45. The lowest BCUT2D eigenvalue weighted by Crippen LogP contribution is -2.55. The third-order valence-corrected chi connectivity index (χ3v) is 14.1. The van der Waals surface area contributed by atoms with E-state index < -0.39 is 16.6 Å². The van der Waals surface area contributed by atoms with Crippen molar-refractivity contribution in [1.29, 1.82) is 0 Å². The number of benzene rings is 2. The highest BCUT2D eigenvalue weighted by Gasteiger charge is 2.53. The topological polar surface area (TPSA) is 9.23 Å². The average molecular weight is 323 g/mol. The third-order valence-electron chi connectivity index (χ3n) is 5.09. The van der Waals surface area contributed by atoms with Gasteiger partial charge in [0.05, 0.1) is 0 Å². The number of allylic oxidation sites excluding steroid dienone is 1. The molecule has 1 aliphatic carbocycles. The van der Waals surface area contributed by atoms with E-state index in [1.165, 1.54) is 23.2 Å². The molecule has 2 aromatic carbocycles. The summed E-state index contributed by atoms with van der Waals surface area (Å²) < 4.78 is 7.01. The van der Waals surface area contributed by atoms with Crippen LogP contribution in [0.4, 0.5) is 0 Å². The van der Waals surface area contributed by atoms with Gasteiger partial charge in [0.2, 0.25) is 16.6 Å². The van der Waals surface area contributed by atoms with Gasteiger partial charge in [-0.1, -0.05) is 71.6 Å². The van der Waals surface area contributed by atoms with Gasteiger partial charge in [0.25, 0.3) is 0 Å². The van der Waals surface area contributed by atoms with Gasteiger partial charge >= 0.3 is 0 Å². The zero-order valence-electron chi connectivity index (χ0n) is 13.3. The summed E-state index contributed by atoms with van der Waals surface area (Å²) in [5.74, 6) is 0.787. The molecule has 2 atom stereocenters. The molecule has 0 N–H and O–H groups in total. The summed E-state index contributed by atoms with van der Waals surface area (Å²) in [4.78, 5) is 0. The Morgan fingerprint density at radius 3 is 1.91 bits per heavy atom. The molecule has 1 fully saturated rings. The van der Waals surface area contributed by atoms with Gasteiger partial charge in [0, 0.05) is 0 Å². The molecule has 22 heavy (non-hydrogen) atoms. The Morgan fingerprint density at radius 2 is 1.36 bits per heavy atom. The summed E-state index contributed by atoms with van der Waals surface area (Å²) in [6, 6.07) is 21.8. The SMILES string of the molecule is C[Si]1(c2ccccc2)C=C(C2CC2)[Si](C)(c2ccccc2)O1. The largest absolute Gasteiger partial charge is 0.443 e. The van der Waals surface area contributed by atoms with Crippen molar-refractivity contribution in [3.63, 3.8) is 0 Å². The van der Waals surface area contributed by atoms with Gasteiger partial charge in [-0.15, -0.1) is 0 Å². The Balaban J connectivity index is 1.81. The van der Waals surface area contributed by atoms with Crippen LogP contribution >= 0.6 is 0 Å². The minimum Gasteiger partial charge on any atom is -0.443 e. The summed E-state index contributed by atoms with van der Waals surface area (Å²) >= 11 is 0. The predicted molar refractivity (Wildman–Crippen MR) is 97.3 cm³/mol. The molecule has 2 aliphatic rings. The molecule has 0 aromatic heterocycles. The molecule has 1 aliphatic heterocycles. The lowest BCUT2D eigenvalue weighted by molar-refractivity contribution is 0.589. The van der Waals surface area contributed by atoms with Crippen LogP contribution in [0.3, 0.4) is 0 Å². The Bertz CT molecular complexity index is 709. The van der Waals surface area contributed by atoms with Gasteiger partial charge in [-0.2, -0.15) is 0 Å². The number of hydrogen-bond donors (Lipinski definition) is 0. The molecule has 0 spiro atoms. The van der Waals surface area contributed by atoms with E-state index in [1.54, 1.807) is 5.20 Å². The van der Waals surface area contributed by atoms with Gasteiger partial charge in [-0.05, 0) is 42.2 Å². The van der Waals surface area contributed by atoms with Crippen molar-refractivity contribution >= 4 is 27.0 Å². The summed E-state index contributed by atoms with van der Waals surface area (Å²) in [6.45, 7) is 4.78. The van der Waals surface area contributed by atoms with Gasteiger partial charge in [0.1, 0.15) is 0 Å². The molecule has 1 saturated carbocycles. The van der Waals surface area contributed by atoms with Crippen LogP contribution in [0.5, 0.6) is 0 Å². The Morgan fingerprint density at radius 1 is 0.818 bits per heavy atom. The zero-order chi connectivity index (χ0) is 15.2. The van der Waals surface area contributed by atoms with Crippen molar-refractivity contribution < 1.29 is 4.12 Å². The van der Waals surface area contributed by atoms with Gasteiger partial charge in [0.15, 0.2) is 0 Å². The first-order chi connectivity index (χ1) is 10.6.